The molecule has 3 aromatic rings. The third-order valence-electron chi connectivity index (χ3n) is 5.27. The number of benzene rings is 1. The van der Waals surface area contributed by atoms with Crippen molar-refractivity contribution < 1.29 is 0 Å². The molecule has 1 aromatic carbocycles. The highest BCUT2D eigenvalue weighted by Crippen LogP contribution is 2.22. The number of hydrogen-bond acceptors (Lipinski definition) is 4. The van der Waals surface area contributed by atoms with Crippen molar-refractivity contribution in [1.29, 1.82) is 0 Å². The van der Waals surface area contributed by atoms with Gasteiger partial charge in [0.15, 0.2) is 0 Å². The molecule has 4 rings (SSSR count). The van der Waals surface area contributed by atoms with Crippen LogP contribution in [0.25, 0.3) is 10.9 Å². The van der Waals surface area contributed by atoms with E-state index in [1.165, 1.54) is 16.5 Å². The van der Waals surface area contributed by atoms with Gasteiger partial charge in [-0.05, 0) is 31.0 Å². The first kappa shape index (κ1) is 17.2. The number of fused-ring (bicyclic) bond motifs is 1. The van der Waals surface area contributed by atoms with Gasteiger partial charge >= 0.3 is 0 Å². The first-order valence-electron chi connectivity index (χ1n) is 9.38. The molecule has 0 N–H and O–H groups in total. The summed E-state index contributed by atoms with van der Waals surface area (Å²) < 4.78 is 1.89. The molecular formula is C21H27N5. The van der Waals surface area contributed by atoms with Crippen LogP contribution in [0.4, 0.5) is 0 Å². The van der Waals surface area contributed by atoms with E-state index >= 15 is 0 Å². The Morgan fingerprint density at radius 2 is 1.96 bits per heavy atom. The molecule has 0 aliphatic carbocycles. The number of aromatic nitrogens is 3. The van der Waals surface area contributed by atoms with E-state index in [2.05, 4.69) is 57.4 Å². The summed E-state index contributed by atoms with van der Waals surface area (Å²) in [4.78, 5) is 9.68. The lowest BCUT2D eigenvalue weighted by atomic mass is 9.96. The van der Waals surface area contributed by atoms with E-state index in [0.717, 1.165) is 44.7 Å². The van der Waals surface area contributed by atoms with E-state index in [4.69, 9.17) is 0 Å². The van der Waals surface area contributed by atoms with Crippen molar-refractivity contribution in [1.82, 2.24) is 24.6 Å². The molecule has 0 radical (unpaired) electrons. The molecule has 1 saturated heterocycles. The molecule has 1 aliphatic heterocycles. The van der Waals surface area contributed by atoms with Crippen LogP contribution in [-0.4, -0.2) is 57.8 Å². The van der Waals surface area contributed by atoms with Gasteiger partial charge in [0, 0.05) is 63.1 Å². The average molecular weight is 349 g/mol. The van der Waals surface area contributed by atoms with E-state index < -0.39 is 0 Å². The van der Waals surface area contributed by atoms with E-state index in [0.29, 0.717) is 5.92 Å². The molecule has 136 valence electrons. The lowest BCUT2D eigenvalue weighted by Crippen LogP contribution is -2.30. The van der Waals surface area contributed by atoms with Crippen LogP contribution in [-0.2, 0) is 20.0 Å². The predicted octanol–water partition coefficient (Wildman–Crippen LogP) is 2.57. The van der Waals surface area contributed by atoms with Gasteiger partial charge in [0.25, 0.3) is 0 Å². The molecule has 26 heavy (non-hydrogen) atoms. The van der Waals surface area contributed by atoms with Crippen molar-refractivity contribution in [2.24, 2.45) is 13.0 Å². The number of hydrogen-bond donors (Lipinski definition) is 0. The molecule has 3 heterocycles. The molecule has 1 fully saturated rings. The van der Waals surface area contributed by atoms with Gasteiger partial charge in [0.2, 0.25) is 0 Å². The molecule has 0 unspecified atom stereocenters. The summed E-state index contributed by atoms with van der Waals surface area (Å²) in [6.07, 6.45) is 7.08. The molecule has 5 nitrogen and oxygen atoms in total. The largest absolute Gasteiger partial charge is 0.305 e. The summed E-state index contributed by atoms with van der Waals surface area (Å²) in [5, 5.41) is 5.55. The molecular weight excluding hydrogens is 322 g/mol. The number of rotatable bonds is 4. The fraction of sp³-hybridized carbons (Fsp3) is 0.429. The summed E-state index contributed by atoms with van der Waals surface area (Å²) >= 11 is 0. The zero-order valence-electron chi connectivity index (χ0n) is 15.7. The Balaban J connectivity index is 1.52. The maximum atomic E-state index is 4.64. The predicted molar refractivity (Wildman–Crippen MR) is 105 cm³/mol. The number of nitrogens with zero attached hydrogens (tertiary/aromatic N) is 5. The summed E-state index contributed by atoms with van der Waals surface area (Å²) in [5.41, 5.74) is 3.81. The maximum absolute atomic E-state index is 4.64. The van der Waals surface area contributed by atoms with Crippen molar-refractivity contribution in [2.45, 2.75) is 13.0 Å². The monoisotopic (exact) mass is 349 g/mol. The van der Waals surface area contributed by atoms with Crippen molar-refractivity contribution >= 4 is 10.9 Å². The molecule has 0 spiro atoms. The van der Waals surface area contributed by atoms with Gasteiger partial charge in [-0.15, -0.1) is 0 Å². The molecule has 1 aliphatic rings. The van der Waals surface area contributed by atoms with Crippen LogP contribution in [0.2, 0.25) is 0 Å². The minimum atomic E-state index is 0.603. The molecule has 5 heteroatoms. The lowest BCUT2D eigenvalue weighted by Gasteiger charge is -2.24. The molecule has 0 bridgehead atoms. The zero-order chi connectivity index (χ0) is 17.9. The Morgan fingerprint density at radius 1 is 1.08 bits per heavy atom. The van der Waals surface area contributed by atoms with Crippen molar-refractivity contribution in [3.63, 3.8) is 0 Å². The highest BCUT2D eigenvalue weighted by Gasteiger charge is 2.22. The standard InChI is InChI=1S/C21H27N5/c1-24-9-10-26(16-18-12-23-25(2)14-18)15-17(13-24)11-20-6-3-5-19-7-4-8-22-21(19)20/h3-8,12,14,17H,9-11,13,15-16H2,1-2H3/t17-/m0/s1. The average Bonchev–Trinajstić information content (AvgIpc) is 2.96. The summed E-state index contributed by atoms with van der Waals surface area (Å²) in [5.74, 6) is 0.603. The van der Waals surface area contributed by atoms with Gasteiger partial charge in [0.05, 0.1) is 11.7 Å². The summed E-state index contributed by atoms with van der Waals surface area (Å²) in [6, 6.07) is 10.7. The Bertz CT molecular complexity index is 866. The van der Waals surface area contributed by atoms with E-state index in [1.54, 1.807) is 0 Å². The first-order valence-corrected chi connectivity index (χ1v) is 9.38. The Kier molecular flexibility index (Phi) is 5.00. The quantitative estimate of drug-likeness (QED) is 0.725. The molecule has 0 saturated carbocycles. The number of aryl methyl sites for hydroxylation is 1. The third kappa shape index (κ3) is 3.94. The second kappa shape index (κ2) is 7.56. The zero-order valence-corrected chi connectivity index (χ0v) is 15.7. The Morgan fingerprint density at radius 3 is 2.81 bits per heavy atom. The molecule has 2 aromatic heterocycles. The minimum absolute atomic E-state index is 0.603. The fourth-order valence-corrected chi connectivity index (χ4v) is 4.09. The third-order valence-corrected chi connectivity index (χ3v) is 5.27. The van der Waals surface area contributed by atoms with Crippen LogP contribution >= 0.6 is 0 Å². The van der Waals surface area contributed by atoms with Crippen LogP contribution in [0.15, 0.2) is 48.9 Å². The number of likely N-dealkylation sites (N-methyl/N-ethyl adjacent to an activating group) is 1. The van der Waals surface area contributed by atoms with Crippen molar-refractivity contribution in [3.8, 4) is 0 Å². The van der Waals surface area contributed by atoms with Gasteiger partial charge in [-0.2, -0.15) is 5.10 Å². The van der Waals surface area contributed by atoms with Gasteiger partial charge in [-0.3, -0.25) is 14.6 Å². The topological polar surface area (TPSA) is 37.2 Å². The van der Waals surface area contributed by atoms with Gasteiger partial charge in [0.1, 0.15) is 0 Å². The Labute approximate surface area is 155 Å². The Hall–Kier alpha value is -2.24. The molecule has 0 amide bonds. The van der Waals surface area contributed by atoms with Crippen molar-refractivity contribution in [2.75, 3.05) is 33.2 Å². The highest BCUT2D eigenvalue weighted by molar-refractivity contribution is 5.81. The van der Waals surface area contributed by atoms with Gasteiger partial charge in [-0.1, -0.05) is 24.3 Å². The van der Waals surface area contributed by atoms with Crippen LogP contribution < -0.4 is 0 Å². The first-order chi connectivity index (χ1) is 12.7. The van der Waals surface area contributed by atoms with Crippen LogP contribution in [0.5, 0.6) is 0 Å². The summed E-state index contributed by atoms with van der Waals surface area (Å²) in [7, 11) is 4.22. The second-order valence-corrected chi connectivity index (χ2v) is 7.58. The normalized spacial score (nSPS) is 19.7. The van der Waals surface area contributed by atoms with Crippen LogP contribution in [0.3, 0.4) is 0 Å². The van der Waals surface area contributed by atoms with E-state index in [-0.39, 0.29) is 0 Å². The summed E-state index contributed by atoms with van der Waals surface area (Å²) in [6.45, 7) is 5.45. The van der Waals surface area contributed by atoms with Gasteiger partial charge < -0.3 is 4.90 Å². The van der Waals surface area contributed by atoms with Crippen LogP contribution in [0, 0.1) is 5.92 Å². The second-order valence-electron chi connectivity index (χ2n) is 7.58. The maximum Gasteiger partial charge on any atom is 0.0734 e. The highest BCUT2D eigenvalue weighted by atomic mass is 15.3. The van der Waals surface area contributed by atoms with Gasteiger partial charge in [-0.25, -0.2) is 0 Å². The molecule has 1 atom stereocenters. The van der Waals surface area contributed by atoms with E-state index in [9.17, 15) is 0 Å². The van der Waals surface area contributed by atoms with E-state index in [1.807, 2.05) is 30.2 Å². The fourth-order valence-electron chi connectivity index (χ4n) is 4.09. The minimum Gasteiger partial charge on any atom is -0.305 e. The SMILES string of the molecule is CN1CCN(Cc2cnn(C)c2)C[C@@H](Cc2cccc3cccnc23)C1. The van der Waals surface area contributed by atoms with Crippen molar-refractivity contribution in [3.05, 3.63) is 60.0 Å². The smallest absolute Gasteiger partial charge is 0.0734 e. The van der Waals surface area contributed by atoms with Crippen LogP contribution in [0.1, 0.15) is 11.1 Å². The number of para-hydroxylation sites is 1. The number of pyridine rings is 1. The lowest BCUT2D eigenvalue weighted by molar-refractivity contribution is 0.249.